The molecular formula is C28H22N6O2. The van der Waals surface area contributed by atoms with E-state index < -0.39 is 0 Å². The smallest absolute Gasteiger partial charge is 0.219 e. The van der Waals surface area contributed by atoms with Gasteiger partial charge in [-0.3, -0.25) is 0 Å². The molecule has 0 saturated heterocycles. The van der Waals surface area contributed by atoms with Crippen molar-refractivity contribution >= 4 is 16.9 Å². The lowest BCUT2D eigenvalue weighted by molar-refractivity contribution is 0.415. The highest BCUT2D eigenvalue weighted by molar-refractivity contribution is 6.10. The molecule has 8 heteroatoms. The van der Waals surface area contributed by atoms with Crippen LogP contribution in [0.5, 0.6) is 17.4 Å². The molecule has 0 amide bonds. The third-order valence-corrected chi connectivity index (χ3v) is 6.33. The van der Waals surface area contributed by atoms with Gasteiger partial charge in [0, 0.05) is 43.2 Å². The van der Waals surface area contributed by atoms with E-state index in [4.69, 9.17) is 15.9 Å². The summed E-state index contributed by atoms with van der Waals surface area (Å²) in [4.78, 5) is 18.1. The second-order valence-corrected chi connectivity index (χ2v) is 8.51. The first-order valence-electron chi connectivity index (χ1n) is 11.4. The fraction of sp³-hybridized carbons (Fsp3) is 0.143. The van der Waals surface area contributed by atoms with E-state index in [1.54, 1.807) is 25.7 Å². The van der Waals surface area contributed by atoms with Gasteiger partial charge in [0.1, 0.15) is 35.0 Å². The molecule has 0 atom stereocenters. The molecule has 1 aromatic carbocycles. The molecule has 0 spiro atoms. The molecule has 0 bridgehead atoms. The van der Waals surface area contributed by atoms with E-state index in [9.17, 15) is 0 Å². The maximum atomic E-state index is 6.08. The average Bonchev–Trinajstić information content (AvgIpc) is 3.09. The van der Waals surface area contributed by atoms with Gasteiger partial charge in [0.05, 0.1) is 23.8 Å². The first kappa shape index (κ1) is 21.6. The van der Waals surface area contributed by atoms with Crippen LogP contribution in [0.4, 0.5) is 5.82 Å². The van der Waals surface area contributed by atoms with Crippen LogP contribution >= 0.6 is 0 Å². The van der Waals surface area contributed by atoms with E-state index in [0.29, 0.717) is 29.6 Å². The van der Waals surface area contributed by atoms with Crippen LogP contribution in [0.2, 0.25) is 0 Å². The van der Waals surface area contributed by atoms with E-state index in [1.807, 2.05) is 48.9 Å². The van der Waals surface area contributed by atoms with E-state index in [0.717, 1.165) is 50.5 Å². The Bertz CT molecular complexity index is 1700. The minimum absolute atomic E-state index is 0.509. The Morgan fingerprint density at radius 3 is 2.78 bits per heavy atom. The highest BCUT2D eigenvalue weighted by atomic mass is 16.5. The quantitative estimate of drug-likeness (QED) is 0.362. The largest absolute Gasteiger partial charge is 0.496 e. The summed E-state index contributed by atoms with van der Waals surface area (Å²) in [5.74, 6) is 5.24. The van der Waals surface area contributed by atoms with E-state index in [-0.39, 0.29) is 0 Å². The number of methoxy groups -OCH3 is 1. The average molecular weight is 475 g/mol. The monoisotopic (exact) mass is 474 g/mol. The third kappa shape index (κ3) is 3.41. The number of terminal acetylenes is 1. The molecule has 0 aliphatic carbocycles. The third-order valence-electron chi connectivity index (χ3n) is 6.33. The molecule has 6 rings (SSSR count). The number of anilines is 1. The molecule has 36 heavy (non-hydrogen) atoms. The summed E-state index contributed by atoms with van der Waals surface area (Å²) < 4.78 is 13.8. The summed E-state index contributed by atoms with van der Waals surface area (Å²) in [6.45, 7) is 2.51. The van der Waals surface area contributed by atoms with Crippen molar-refractivity contribution in [3.8, 4) is 52.1 Å². The molecular weight excluding hydrogens is 452 g/mol. The molecule has 0 fully saturated rings. The maximum Gasteiger partial charge on any atom is 0.219 e. The number of aryl methyl sites for hydroxylation is 2. The molecule has 0 unspecified atom stereocenters. The first-order valence-corrected chi connectivity index (χ1v) is 11.4. The number of nitrogens with zero attached hydrogens (tertiary/aromatic N) is 5. The van der Waals surface area contributed by atoms with Crippen LogP contribution < -0.4 is 14.8 Å². The number of rotatable bonds is 4. The van der Waals surface area contributed by atoms with Crippen molar-refractivity contribution in [3.05, 3.63) is 71.9 Å². The fourth-order valence-corrected chi connectivity index (χ4v) is 4.73. The Balaban J connectivity index is 1.57. The van der Waals surface area contributed by atoms with Gasteiger partial charge in [-0.1, -0.05) is 18.1 Å². The van der Waals surface area contributed by atoms with Crippen LogP contribution in [0.1, 0.15) is 17.0 Å². The summed E-state index contributed by atoms with van der Waals surface area (Å²) >= 11 is 0. The SMILES string of the molecule is C#Cc1cc(OC)c(-c2c3c4c(ncnc4n2C)NCc2cc(Oc4cccc(C)n4)ccc2-3)cn1. The van der Waals surface area contributed by atoms with Crippen LogP contribution in [0, 0.1) is 19.3 Å². The van der Waals surface area contributed by atoms with Gasteiger partial charge >= 0.3 is 0 Å². The number of hydrogen-bond acceptors (Lipinski definition) is 7. The molecule has 176 valence electrons. The number of pyridine rings is 2. The Hall–Kier alpha value is -4.90. The lowest BCUT2D eigenvalue weighted by Gasteiger charge is -2.15. The number of aromatic nitrogens is 5. The topological polar surface area (TPSA) is 87.0 Å². The number of benzene rings is 1. The van der Waals surface area contributed by atoms with Gasteiger partial charge in [0.25, 0.3) is 0 Å². The van der Waals surface area contributed by atoms with Crippen LogP contribution in [-0.2, 0) is 13.6 Å². The molecule has 1 N–H and O–H groups in total. The molecule has 0 radical (unpaired) electrons. The Kier molecular flexibility index (Phi) is 5.04. The van der Waals surface area contributed by atoms with Crippen molar-refractivity contribution < 1.29 is 9.47 Å². The van der Waals surface area contributed by atoms with Crippen molar-refractivity contribution in [2.24, 2.45) is 7.05 Å². The van der Waals surface area contributed by atoms with Crippen molar-refractivity contribution in [1.82, 2.24) is 24.5 Å². The molecule has 4 aromatic heterocycles. The van der Waals surface area contributed by atoms with Crippen molar-refractivity contribution in [2.45, 2.75) is 13.5 Å². The standard InChI is InChI=1S/C28H22N6O2/c1-5-18-12-22(35-4)21(14-29-18)26-24-20-10-9-19(36-23-8-6-7-16(2)33-23)11-17(20)13-30-27-25(24)28(34(26)3)32-15-31-27/h1,6-12,14-15H,13H2,2-4H3,(H,30,31,32). The van der Waals surface area contributed by atoms with Crippen LogP contribution in [-0.4, -0.2) is 31.6 Å². The Labute approximate surface area is 208 Å². The molecule has 1 aliphatic heterocycles. The first-order chi connectivity index (χ1) is 17.6. The van der Waals surface area contributed by atoms with E-state index >= 15 is 0 Å². The number of hydrogen-bond donors (Lipinski definition) is 1. The zero-order valence-electron chi connectivity index (χ0n) is 20.0. The number of nitrogens with one attached hydrogen (secondary N) is 1. The second kappa shape index (κ2) is 8.40. The van der Waals surface area contributed by atoms with Crippen molar-refractivity contribution in [2.75, 3.05) is 12.4 Å². The molecule has 5 aromatic rings. The zero-order chi connectivity index (χ0) is 24.8. The lowest BCUT2D eigenvalue weighted by Crippen LogP contribution is -2.03. The van der Waals surface area contributed by atoms with Crippen LogP contribution in [0.3, 0.4) is 0 Å². The predicted molar refractivity (Wildman–Crippen MR) is 138 cm³/mol. The summed E-state index contributed by atoms with van der Waals surface area (Å²) in [6, 6.07) is 13.5. The summed E-state index contributed by atoms with van der Waals surface area (Å²) in [6.07, 6.45) is 8.91. The van der Waals surface area contributed by atoms with Crippen LogP contribution in [0.25, 0.3) is 33.4 Å². The summed E-state index contributed by atoms with van der Waals surface area (Å²) in [7, 11) is 3.61. The van der Waals surface area contributed by atoms with E-state index in [1.165, 1.54) is 0 Å². The highest BCUT2D eigenvalue weighted by Crippen LogP contribution is 2.47. The van der Waals surface area contributed by atoms with Crippen molar-refractivity contribution in [3.63, 3.8) is 0 Å². The molecule has 1 aliphatic rings. The Morgan fingerprint density at radius 1 is 1.08 bits per heavy atom. The molecule has 0 saturated carbocycles. The number of ether oxygens (including phenoxy) is 2. The van der Waals surface area contributed by atoms with Crippen LogP contribution in [0.15, 0.2) is 55.0 Å². The van der Waals surface area contributed by atoms with Crippen molar-refractivity contribution in [1.29, 1.82) is 0 Å². The van der Waals surface area contributed by atoms with Gasteiger partial charge in [-0.25, -0.2) is 19.9 Å². The minimum atomic E-state index is 0.509. The maximum absolute atomic E-state index is 6.08. The normalized spacial score (nSPS) is 11.8. The molecule has 5 heterocycles. The van der Waals surface area contributed by atoms with Gasteiger partial charge in [0.15, 0.2) is 0 Å². The Morgan fingerprint density at radius 2 is 1.97 bits per heavy atom. The van der Waals surface area contributed by atoms with Gasteiger partial charge in [-0.15, -0.1) is 6.42 Å². The van der Waals surface area contributed by atoms with Gasteiger partial charge in [0.2, 0.25) is 5.88 Å². The fourth-order valence-electron chi connectivity index (χ4n) is 4.73. The van der Waals surface area contributed by atoms with E-state index in [2.05, 4.69) is 37.2 Å². The predicted octanol–water partition coefficient (Wildman–Crippen LogP) is 5.11. The van der Waals surface area contributed by atoms with Gasteiger partial charge in [-0.2, -0.15) is 0 Å². The summed E-state index contributed by atoms with van der Waals surface area (Å²) in [5.41, 5.74) is 7.04. The minimum Gasteiger partial charge on any atom is -0.496 e. The van der Waals surface area contributed by atoms with Gasteiger partial charge in [-0.05, 0) is 36.2 Å². The lowest BCUT2D eigenvalue weighted by atomic mass is 9.95. The second-order valence-electron chi connectivity index (χ2n) is 8.51. The zero-order valence-corrected chi connectivity index (χ0v) is 20.0. The highest BCUT2D eigenvalue weighted by Gasteiger charge is 2.28. The molecule has 8 nitrogen and oxygen atoms in total. The summed E-state index contributed by atoms with van der Waals surface area (Å²) in [5, 5.41) is 4.41. The number of fused-ring (bicyclic) bond motifs is 2. The van der Waals surface area contributed by atoms with Gasteiger partial charge < -0.3 is 19.4 Å².